The Kier molecular flexibility index (Phi) is 7.30. The van der Waals surface area contributed by atoms with Gasteiger partial charge in [-0.15, -0.1) is 11.3 Å². The van der Waals surface area contributed by atoms with E-state index in [9.17, 15) is 9.59 Å². The van der Waals surface area contributed by atoms with Gasteiger partial charge in [0.05, 0.1) is 5.69 Å². The summed E-state index contributed by atoms with van der Waals surface area (Å²) in [7, 11) is 0. The number of benzene rings is 1. The highest BCUT2D eigenvalue weighted by Gasteiger charge is 2.22. The highest BCUT2D eigenvalue weighted by Crippen LogP contribution is 2.25. The monoisotopic (exact) mass is 400 g/mol. The molecule has 8 heteroatoms. The lowest BCUT2D eigenvalue weighted by Gasteiger charge is -2.25. The van der Waals surface area contributed by atoms with Gasteiger partial charge in [-0.05, 0) is 31.0 Å². The maximum Gasteiger partial charge on any atom is 0.303 e. The van der Waals surface area contributed by atoms with Gasteiger partial charge in [0.25, 0.3) is 0 Å². The Morgan fingerprint density at radius 1 is 1.25 bits per heavy atom. The van der Waals surface area contributed by atoms with Crippen molar-refractivity contribution in [3.8, 4) is 0 Å². The fraction of sp³-hybridized carbons (Fsp3) is 0.350. The quantitative estimate of drug-likeness (QED) is 0.273. The average Bonchev–Trinajstić information content (AvgIpc) is 3.15. The van der Waals surface area contributed by atoms with Crippen molar-refractivity contribution in [2.24, 2.45) is 0 Å². The van der Waals surface area contributed by atoms with Crippen molar-refractivity contribution in [3.63, 3.8) is 0 Å². The van der Waals surface area contributed by atoms with Crippen molar-refractivity contribution in [2.45, 2.75) is 25.8 Å². The molecule has 2 heterocycles. The Morgan fingerprint density at radius 3 is 2.86 bits per heavy atom. The first-order valence-corrected chi connectivity index (χ1v) is 10.1. The summed E-state index contributed by atoms with van der Waals surface area (Å²) >= 11 is 1.33. The number of thiazole rings is 1. The normalized spacial score (nSPS) is 14.0. The first-order valence-electron chi connectivity index (χ1n) is 9.32. The molecule has 0 saturated carbocycles. The maximum atomic E-state index is 11.8. The molecule has 0 saturated heterocycles. The number of hydrogen-bond acceptors (Lipinski definition) is 6. The summed E-state index contributed by atoms with van der Waals surface area (Å²) in [5, 5.41) is 11.9. The van der Waals surface area contributed by atoms with Crippen molar-refractivity contribution in [3.05, 3.63) is 57.6 Å². The molecule has 28 heavy (non-hydrogen) atoms. The van der Waals surface area contributed by atoms with Crippen LogP contribution >= 0.6 is 11.3 Å². The number of nitrogens with one attached hydrogen (secondary N) is 2. The largest absolute Gasteiger partial charge is 0.353 e. The number of carbonyl (C=O) groups excluding carboxylic acids is 2. The molecule has 0 spiro atoms. The maximum absolute atomic E-state index is 11.8. The number of hydroxylamine groups is 1. The fourth-order valence-electron chi connectivity index (χ4n) is 3.05. The molecule has 0 atom stereocenters. The molecule has 148 valence electrons. The number of rotatable bonds is 8. The van der Waals surface area contributed by atoms with E-state index in [1.807, 2.05) is 30.3 Å². The molecule has 0 radical (unpaired) electrons. The van der Waals surface area contributed by atoms with Crippen LogP contribution in [0.2, 0.25) is 0 Å². The van der Waals surface area contributed by atoms with Gasteiger partial charge in [-0.1, -0.05) is 30.3 Å². The topological polar surface area (TPSA) is 94.6 Å². The number of amides is 2. The standard InChI is InChI=1S/C20H24N4O3S/c25-18(9-8-15-6-2-1-3-7-15)21-11-4-5-12-24-13-10-16-17(14-24)28-20(22-16)19(26)23-27/h1-3,6-9,27H,4-5,10-14H2,(H,21,25)(H,23,26)/b9-8+. The van der Waals surface area contributed by atoms with Crippen LogP contribution < -0.4 is 10.8 Å². The third-order valence-electron chi connectivity index (χ3n) is 4.53. The molecular formula is C20H24N4O3S. The third-order valence-corrected chi connectivity index (χ3v) is 5.61. The van der Waals surface area contributed by atoms with E-state index in [-0.39, 0.29) is 5.91 Å². The van der Waals surface area contributed by atoms with E-state index < -0.39 is 5.91 Å². The van der Waals surface area contributed by atoms with Gasteiger partial charge in [0.1, 0.15) is 0 Å². The number of nitrogens with zero attached hydrogens (tertiary/aromatic N) is 2. The molecule has 0 fully saturated rings. The van der Waals surface area contributed by atoms with Crippen LogP contribution in [0.15, 0.2) is 36.4 Å². The fourth-order valence-corrected chi connectivity index (χ4v) is 4.09. The highest BCUT2D eigenvalue weighted by molar-refractivity contribution is 7.13. The number of unbranched alkanes of at least 4 members (excludes halogenated alkanes) is 1. The minimum atomic E-state index is -0.553. The summed E-state index contributed by atoms with van der Waals surface area (Å²) < 4.78 is 0. The van der Waals surface area contributed by atoms with Gasteiger partial charge in [0.15, 0.2) is 5.01 Å². The zero-order chi connectivity index (χ0) is 19.8. The van der Waals surface area contributed by atoms with Gasteiger partial charge in [-0.3, -0.25) is 19.7 Å². The highest BCUT2D eigenvalue weighted by atomic mass is 32.1. The van der Waals surface area contributed by atoms with Gasteiger partial charge in [-0.25, -0.2) is 10.5 Å². The Morgan fingerprint density at radius 2 is 2.07 bits per heavy atom. The van der Waals surface area contributed by atoms with Crippen LogP contribution in [0, 0.1) is 0 Å². The number of aromatic nitrogens is 1. The van der Waals surface area contributed by atoms with Crippen LogP contribution in [0.5, 0.6) is 0 Å². The van der Waals surface area contributed by atoms with Crippen LogP contribution in [0.25, 0.3) is 6.08 Å². The molecule has 7 nitrogen and oxygen atoms in total. The second-order valence-electron chi connectivity index (χ2n) is 6.60. The predicted octanol–water partition coefficient (Wildman–Crippen LogP) is 2.23. The van der Waals surface area contributed by atoms with E-state index >= 15 is 0 Å². The first-order chi connectivity index (χ1) is 13.7. The molecule has 1 aliphatic heterocycles. The van der Waals surface area contributed by atoms with E-state index in [0.29, 0.717) is 11.6 Å². The van der Waals surface area contributed by atoms with E-state index in [2.05, 4.69) is 15.2 Å². The Balaban J connectivity index is 1.34. The molecule has 3 rings (SSSR count). The van der Waals surface area contributed by atoms with Gasteiger partial charge in [-0.2, -0.15) is 0 Å². The second kappa shape index (κ2) is 10.1. The minimum Gasteiger partial charge on any atom is -0.353 e. The van der Waals surface area contributed by atoms with E-state index in [1.165, 1.54) is 11.3 Å². The van der Waals surface area contributed by atoms with Crippen LogP contribution in [0.4, 0.5) is 0 Å². The first kappa shape index (κ1) is 20.2. The van der Waals surface area contributed by atoms with Gasteiger partial charge < -0.3 is 5.32 Å². The van der Waals surface area contributed by atoms with Crippen molar-refractivity contribution in [1.82, 2.24) is 20.7 Å². The third kappa shape index (κ3) is 5.72. The summed E-state index contributed by atoms with van der Waals surface area (Å²) in [5.41, 5.74) is 3.59. The molecule has 1 aliphatic rings. The Bertz CT molecular complexity index is 835. The van der Waals surface area contributed by atoms with Crippen LogP contribution in [-0.4, -0.2) is 46.5 Å². The molecule has 2 aromatic rings. The van der Waals surface area contributed by atoms with Crippen LogP contribution in [0.1, 0.15) is 38.8 Å². The lowest BCUT2D eigenvalue weighted by Crippen LogP contribution is -2.31. The van der Waals surface area contributed by atoms with Gasteiger partial charge in [0.2, 0.25) is 5.91 Å². The zero-order valence-electron chi connectivity index (χ0n) is 15.6. The molecule has 3 N–H and O–H groups in total. The van der Waals surface area contributed by atoms with Crippen molar-refractivity contribution in [1.29, 1.82) is 0 Å². The smallest absolute Gasteiger partial charge is 0.303 e. The molecule has 1 aromatic heterocycles. The number of hydrogen-bond donors (Lipinski definition) is 3. The van der Waals surface area contributed by atoms with Gasteiger partial charge in [0, 0.05) is 37.0 Å². The SMILES string of the molecule is O=C(/C=C/c1ccccc1)NCCCCN1CCc2nc(C(=O)NO)sc2C1. The number of fused-ring (bicyclic) bond motifs is 1. The van der Waals surface area contributed by atoms with E-state index in [4.69, 9.17) is 5.21 Å². The second-order valence-corrected chi connectivity index (χ2v) is 7.68. The van der Waals surface area contributed by atoms with Gasteiger partial charge >= 0.3 is 5.91 Å². The van der Waals surface area contributed by atoms with Crippen LogP contribution in [0.3, 0.4) is 0 Å². The molecule has 0 aliphatic carbocycles. The summed E-state index contributed by atoms with van der Waals surface area (Å²) in [5.74, 6) is -0.631. The lowest BCUT2D eigenvalue weighted by atomic mass is 10.1. The summed E-state index contributed by atoms with van der Waals surface area (Å²) in [6.45, 7) is 3.27. The summed E-state index contributed by atoms with van der Waals surface area (Å²) in [6.07, 6.45) is 6.08. The molecule has 2 amide bonds. The lowest BCUT2D eigenvalue weighted by molar-refractivity contribution is -0.116. The number of carbonyl (C=O) groups is 2. The summed E-state index contributed by atoms with van der Waals surface area (Å²) in [6, 6.07) is 9.73. The predicted molar refractivity (Wildman–Crippen MR) is 108 cm³/mol. The summed E-state index contributed by atoms with van der Waals surface area (Å²) in [4.78, 5) is 31.0. The van der Waals surface area contributed by atoms with E-state index in [0.717, 1.165) is 55.0 Å². The van der Waals surface area contributed by atoms with Crippen molar-refractivity contribution < 1.29 is 14.8 Å². The molecular weight excluding hydrogens is 376 g/mol. The van der Waals surface area contributed by atoms with Crippen molar-refractivity contribution >= 4 is 29.2 Å². The average molecular weight is 401 g/mol. The molecule has 1 aromatic carbocycles. The zero-order valence-corrected chi connectivity index (χ0v) is 16.4. The van der Waals surface area contributed by atoms with Crippen molar-refractivity contribution in [2.75, 3.05) is 19.6 Å². The molecule has 0 unspecified atom stereocenters. The van der Waals surface area contributed by atoms with E-state index in [1.54, 1.807) is 17.6 Å². The van der Waals surface area contributed by atoms with Crippen LogP contribution in [-0.2, 0) is 17.8 Å². The Hall–Kier alpha value is -2.55. The minimum absolute atomic E-state index is 0.0779. The Labute approximate surface area is 168 Å². The molecule has 0 bridgehead atoms.